The van der Waals surface area contributed by atoms with Crippen molar-refractivity contribution in [2.75, 3.05) is 13.6 Å². The number of hydrogen-bond acceptors (Lipinski definition) is 6. The molecule has 1 amide bonds. The maximum absolute atomic E-state index is 13.2. The molecule has 3 aromatic heterocycles. The van der Waals surface area contributed by atoms with Crippen LogP contribution in [-0.4, -0.2) is 45.2 Å². The summed E-state index contributed by atoms with van der Waals surface area (Å²) in [4.78, 5) is 19.6. The second-order valence-corrected chi connectivity index (χ2v) is 9.72. The van der Waals surface area contributed by atoms with Gasteiger partial charge in [0, 0.05) is 55.3 Å². The molecule has 0 spiro atoms. The van der Waals surface area contributed by atoms with Crippen LogP contribution in [0, 0.1) is 0 Å². The number of nitrogens with one attached hydrogen (secondary N) is 1. The maximum Gasteiger partial charge on any atom is 0.274 e. The average Bonchev–Trinajstić information content (AvgIpc) is 3.60. The Balaban J connectivity index is 1.19. The number of benzene rings is 1. The first-order valence-electron chi connectivity index (χ1n) is 11.6. The predicted octanol–water partition coefficient (Wildman–Crippen LogP) is 4.10. The van der Waals surface area contributed by atoms with Gasteiger partial charge in [-0.05, 0) is 31.4 Å². The van der Waals surface area contributed by atoms with E-state index in [1.807, 2.05) is 42.1 Å². The van der Waals surface area contributed by atoms with Crippen LogP contribution in [0.15, 0.2) is 58.5 Å². The lowest BCUT2D eigenvalue weighted by Gasteiger charge is -2.24. The van der Waals surface area contributed by atoms with Crippen molar-refractivity contribution in [3.63, 3.8) is 0 Å². The largest absolute Gasteiger partial charge is 0.467 e. The number of rotatable bonds is 8. The monoisotopic (exact) mass is 475 g/mol. The van der Waals surface area contributed by atoms with Gasteiger partial charge in [0.25, 0.3) is 5.91 Å². The molecule has 3 heterocycles. The number of hydrogen-bond donors (Lipinski definition) is 1. The Bertz CT molecular complexity index is 1250. The molecule has 4 aromatic rings. The Morgan fingerprint density at radius 1 is 1.26 bits per heavy atom. The zero-order chi connectivity index (χ0) is 23.5. The van der Waals surface area contributed by atoms with E-state index in [0.29, 0.717) is 18.3 Å². The molecule has 0 bridgehead atoms. The van der Waals surface area contributed by atoms with Crippen molar-refractivity contribution >= 4 is 17.2 Å². The first-order valence-corrected chi connectivity index (χ1v) is 12.5. The molecule has 8 heteroatoms. The van der Waals surface area contributed by atoms with Gasteiger partial charge < -0.3 is 14.6 Å². The third kappa shape index (κ3) is 4.83. The molecular formula is C26H29N5O2S. The van der Waals surface area contributed by atoms with E-state index in [4.69, 9.17) is 9.40 Å². The fourth-order valence-electron chi connectivity index (χ4n) is 4.57. The minimum atomic E-state index is -0.0647. The molecule has 5 rings (SSSR count). The molecule has 0 saturated carbocycles. The molecule has 176 valence electrons. The van der Waals surface area contributed by atoms with Gasteiger partial charge in [-0.3, -0.25) is 9.48 Å². The smallest absolute Gasteiger partial charge is 0.274 e. The minimum Gasteiger partial charge on any atom is -0.467 e. The average molecular weight is 476 g/mol. The Morgan fingerprint density at radius 2 is 2.12 bits per heavy atom. The first-order chi connectivity index (χ1) is 16.6. The summed E-state index contributed by atoms with van der Waals surface area (Å²) in [6, 6.07) is 14.3. The number of carbonyl (C=O) groups is 1. The third-order valence-corrected chi connectivity index (χ3v) is 7.28. The summed E-state index contributed by atoms with van der Waals surface area (Å²) < 4.78 is 7.27. The van der Waals surface area contributed by atoms with Crippen LogP contribution < -0.4 is 5.32 Å². The van der Waals surface area contributed by atoms with Crippen molar-refractivity contribution in [3.8, 4) is 11.3 Å². The van der Waals surface area contributed by atoms with Crippen molar-refractivity contribution in [1.29, 1.82) is 0 Å². The van der Waals surface area contributed by atoms with E-state index in [1.54, 1.807) is 29.5 Å². The summed E-state index contributed by atoms with van der Waals surface area (Å²) in [7, 11) is 3.73. The highest BCUT2D eigenvalue weighted by atomic mass is 32.1. The van der Waals surface area contributed by atoms with Gasteiger partial charge in [-0.2, -0.15) is 5.10 Å². The molecule has 0 unspecified atom stereocenters. The molecule has 1 aliphatic rings. The minimum absolute atomic E-state index is 0.0647. The predicted molar refractivity (Wildman–Crippen MR) is 133 cm³/mol. The highest BCUT2D eigenvalue weighted by molar-refractivity contribution is 7.09. The first kappa shape index (κ1) is 22.6. The number of thiazole rings is 1. The molecule has 0 aliphatic heterocycles. The molecule has 1 aliphatic carbocycles. The molecule has 0 saturated heterocycles. The molecule has 0 fully saturated rings. The zero-order valence-corrected chi connectivity index (χ0v) is 20.3. The van der Waals surface area contributed by atoms with Crippen molar-refractivity contribution in [3.05, 3.63) is 81.8 Å². The van der Waals surface area contributed by atoms with Crippen molar-refractivity contribution in [1.82, 2.24) is 25.0 Å². The summed E-state index contributed by atoms with van der Waals surface area (Å²) in [5.74, 6) is 0.697. The zero-order valence-electron chi connectivity index (χ0n) is 19.5. The van der Waals surface area contributed by atoms with E-state index in [9.17, 15) is 4.79 Å². The molecular weight excluding hydrogens is 446 g/mol. The summed E-state index contributed by atoms with van der Waals surface area (Å²) in [5.41, 5.74) is 5.00. The lowest BCUT2D eigenvalue weighted by Crippen LogP contribution is -2.37. The van der Waals surface area contributed by atoms with Gasteiger partial charge in [-0.15, -0.1) is 11.3 Å². The Labute approximate surface area is 203 Å². The number of furan rings is 1. The summed E-state index contributed by atoms with van der Waals surface area (Å²) in [6.45, 7) is 1.29. The number of carbonyl (C=O) groups excluding carboxylic acids is 1. The molecule has 0 radical (unpaired) electrons. The standard InChI is InChI=1S/C26H29N5O2S/c1-30(16-20-9-6-14-33-20)26(32)25-21-15-19(10-11-23(21)31(2)29-25)27-13-12-24-28-22(17-34-24)18-7-4-3-5-8-18/h3-9,14,17,19,27H,10-13,15-16H2,1-2H3/t19-/m1/s1. The normalized spacial score (nSPS) is 15.3. The number of aryl methyl sites for hydroxylation is 1. The van der Waals surface area contributed by atoms with Crippen LogP contribution in [0.4, 0.5) is 0 Å². The van der Waals surface area contributed by atoms with Gasteiger partial charge >= 0.3 is 0 Å². The summed E-state index contributed by atoms with van der Waals surface area (Å²) >= 11 is 1.71. The lowest BCUT2D eigenvalue weighted by molar-refractivity contribution is 0.0767. The SMILES string of the molecule is CN(Cc1ccco1)C(=O)c1nn(C)c2c1C[C@H](NCCc1nc(-c3ccccc3)cs1)CC2. The topological polar surface area (TPSA) is 76.2 Å². The Kier molecular flexibility index (Phi) is 6.60. The molecule has 1 aromatic carbocycles. The number of amides is 1. The molecule has 1 atom stereocenters. The number of fused-ring (bicyclic) bond motifs is 1. The van der Waals surface area contributed by atoms with Gasteiger partial charge in [-0.25, -0.2) is 4.98 Å². The van der Waals surface area contributed by atoms with Gasteiger partial charge in [0.15, 0.2) is 5.69 Å². The van der Waals surface area contributed by atoms with Gasteiger partial charge in [0.1, 0.15) is 5.76 Å². The Morgan fingerprint density at radius 3 is 2.91 bits per heavy atom. The molecule has 34 heavy (non-hydrogen) atoms. The van der Waals surface area contributed by atoms with Crippen LogP contribution in [0.5, 0.6) is 0 Å². The summed E-state index contributed by atoms with van der Waals surface area (Å²) in [6.07, 6.45) is 5.29. The Hall–Kier alpha value is -3.23. The lowest BCUT2D eigenvalue weighted by atomic mass is 9.91. The third-order valence-electron chi connectivity index (χ3n) is 6.37. The van der Waals surface area contributed by atoms with Crippen LogP contribution in [0.2, 0.25) is 0 Å². The fourth-order valence-corrected chi connectivity index (χ4v) is 5.38. The number of aromatic nitrogens is 3. The van der Waals surface area contributed by atoms with E-state index in [-0.39, 0.29) is 5.91 Å². The van der Waals surface area contributed by atoms with Crippen molar-refractivity contribution in [2.24, 2.45) is 7.05 Å². The molecule has 1 N–H and O–H groups in total. The van der Waals surface area contributed by atoms with Crippen LogP contribution >= 0.6 is 11.3 Å². The van der Waals surface area contributed by atoms with Gasteiger partial charge in [0.05, 0.1) is 23.5 Å². The second kappa shape index (κ2) is 9.95. The molecule has 7 nitrogen and oxygen atoms in total. The van der Waals surface area contributed by atoms with E-state index >= 15 is 0 Å². The van der Waals surface area contributed by atoms with E-state index in [2.05, 4.69) is 27.9 Å². The second-order valence-electron chi connectivity index (χ2n) is 8.77. The van der Waals surface area contributed by atoms with Gasteiger partial charge in [-0.1, -0.05) is 30.3 Å². The quantitative estimate of drug-likeness (QED) is 0.415. The van der Waals surface area contributed by atoms with Gasteiger partial charge in [0.2, 0.25) is 0 Å². The number of nitrogens with zero attached hydrogens (tertiary/aromatic N) is 4. The van der Waals surface area contributed by atoms with Crippen molar-refractivity contribution < 1.29 is 9.21 Å². The van der Waals surface area contributed by atoms with Crippen LogP contribution in [-0.2, 0) is 32.9 Å². The van der Waals surface area contributed by atoms with E-state index in [0.717, 1.165) is 59.8 Å². The maximum atomic E-state index is 13.2. The van der Waals surface area contributed by atoms with E-state index in [1.165, 1.54) is 5.69 Å². The highest BCUT2D eigenvalue weighted by Crippen LogP contribution is 2.26. The van der Waals surface area contributed by atoms with Crippen molar-refractivity contribution in [2.45, 2.75) is 38.3 Å². The van der Waals surface area contributed by atoms with Crippen LogP contribution in [0.1, 0.15) is 38.9 Å². The fraction of sp³-hybridized carbons (Fsp3) is 0.346. The highest BCUT2D eigenvalue weighted by Gasteiger charge is 2.29. The van der Waals surface area contributed by atoms with E-state index < -0.39 is 0 Å². The van der Waals surface area contributed by atoms with Crippen LogP contribution in [0.25, 0.3) is 11.3 Å². The summed E-state index contributed by atoms with van der Waals surface area (Å²) in [5, 5.41) is 11.6. The van der Waals surface area contributed by atoms with Crippen LogP contribution in [0.3, 0.4) is 0 Å².